The maximum absolute atomic E-state index is 10.7. The number of rotatable bonds is 3. The fourth-order valence-corrected chi connectivity index (χ4v) is 3.39. The van der Waals surface area contributed by atoms with E-state index in [-0.39, 0.29) is 0 Å². The van der Waals surface area contributed by atoms with Crippen molar-refractivity contribution in [3.63, 3.8) is 0 Å². The molecule has 0 fully saturated rings. The second-order valence-corrected chi connectivity index (χ2v) is 6.81. The Kier molecular flexibility index (Phi) is 4.50. The Hall–Kier alpha value is -2.07. The lowest BCUT2D eigenvalue weighted by Gasteiger charge is -2.17. The van der Waals surface area contributed by atoms with Gasteiger partial charge in [-0.15, -0.1) is 0 Å². The summed E-state index contributed by atoms with van der Waals surface area (Å²) in [7, 11) is 0. The molecule has 124 valence electrons. The van der Waals surface area contributed by atoms with E-state index in [1.165, 1.54) is 0 Å². The minimum absolute atomic E-state index is 0.298. The zero-order chi connectivity index (χ0) is 17.4. The first-order valence-electron chi connectivity index (χ1n) is 7.98. The van der Waals surface area contributed by atoms with Crippen LogP contribution < -0.4 is 4.74 Å². The first-order valence-corrected chi connectivity index (χ1v) is 8.78. The molecular weight excluding hydrogens is 366 g/mol. The third kappa shape index (κ3) is 2.75. The van der Waals surface area contributed by atoms with E-state index in [1.54, 1.807) is 0 Å². The van der Waals surface area contributed by atoms with Crippen LogP contribution in [0.15, 0.2) is 34.8 Å². The molecule has 3 aromatic rings. The summed E-state index contributed by atoms with van der Waals surface area (Å²) in [4.78, 5) is 4.72. The van der Waals surface area contributed by atoms with Crippen molar-refractivity contribution in [2.75, 3.05) is 0 Å². The highest BCUT2D eigenvalue weighted by atomic mass is 79.9. The second kappa shape index (κ2) is 6.44. The molecule has 1 N–H and O–H groups in total. The number of aromatic nitrogens is 1. The standard InChI is InChI=1S/C20H20BrNO2/c1-5-15-12(3)19(23)18-13(4)20(11(2)10-16(18)22-15)24-17-9-7-6-8-14(17)21/h6-10H,5H2,1-4H3,(H,22,23). The fourth-order valence-electron chi connectivity index (χ4n) is 3.02. The summed E-state index contributed by atoms with van der Waals surface area (Å²) < 4.78 is 7.04. The number of ether oxygens (including phenoxy) is 1. The Morgan fingerprint density at radius 3 is 2.50 bits per heavy atom. The van der Waals surface area contributed by atoms with Crippen LogP contribution >= 0.6 is 15.9 Å². The van der Waals surface area contributed by atoms with E-state index in [1.807, 2.05) is 58.0 Å². The van der Waals surface area contributed by atoms with Gasteiger partial charge in [-0.05, 0) is 66.9 Å². The molecule has 0 spiro atoms. The second-order valence-electron chi connectivity index (χ2n) is 5.96. The number of para-hydroxylation sites is 1. The minimum Gasteiger partial charge on any atom is -0.507 e. The highest BCUT2D eigenvalue weighted by molar-refractivity contribution is 9.10. The van der Waals surface area contributed by atoms with Crippen molar-refractivity contribution in [1.82, 2.24) is 4.98 Å². The number of pyridine rings is 1. The van der Waals surface area contributed by atoms with Crippen LogP contribution in [0.1, 0.15) is 29.3 Å². The SMILES string of the molecule is CCc1nc2cc(C)c(Oc3ccccc3Br)c(C)c2c(O)c1C. The Morgan fingerprint density at radius 1 is 1.12 bits per heavy atom. The Balaban J connectivity index is 2.23. The van der Waals surface area contributed by atoms with Gasteiger partial charge in [-0.3, -0.25) is 4.98 Å². The van der Waals surface area contributed by atoms with Crippen LogP contribution in [0.25, 0.3) is 10.9 Å². The van der Waals surface area contributed by atoms with Crippen molar-refractivity contribution >= 4 is 26.8 Å². The van der Waals surface area contributed by atoms with Gasteiger partial charge in [0.25, 0.3) is 0 Å². The van der Waals surface area contributed by atoms with Crippen LogP contribution in [-0.2, 0) is 6.42 Å². The summed E-state index contributed by atoms with van der Waals surface area (Å²) in [5, 5.41) is 11.4. The minimum atomic E-state index is 0.298. The third-order valence-corrected chi connectivity index (χ3v) is 5.00. The predicted octanol–water partition coefficient (Wildman–Crippen LogP) is 5.98. The number of aromatic hydroxyl groups is 1. The van der Waals surface area contributed by atoms with E-state index in [0.29, 0.717) is 5.75 Å². The van der Waals surface area contributed by atoms with Crippen LogP contribution in [0.2, 0.25) is 0 Å². The number of hydrogen-bond donors (Lipinski definition) is 1. The van der Waals surface area contributed by atoms with Crippen molar-refractivity contribution in [2.45, 2.75) is 34.1 Å². The molecule has 0 saturated carbocycles. The van der Waals surface area contributed by atoms with E-state index in [0.717, 1.165) is 55.7 Å². The van der Waals surface area contributed by atoms with E-state index in [4.69, 9.17) is 9.72 Å². The smallest absolute Gasteiger partial charge is 0.141 e. The Labute approximate surface area is 150 Å². The highest BCUT2D eigenvalue weighted by Gasteiger charge is 2.17. The van der Waals surface area contributed by atoms with E-state index < -0.39 is 0 Å². The van der Waals surface area contributed by atoms with Gasteiger partial charge in [-0.2, -0.15) is 0 Å². The fraction of sp³-hybridized carbons (Fsp3) is 0.250. The van der Waals surface area contributed by atoms with Crippen LogP contribution in [0.3, 0.4) is 0 Å². The third-order valence-electron chi connectivity index (χ3n) is 4.35. The van der Waals surface area contributed by atoms with Crippen molar-refractivity contribution in [2.24, 2.45) is 0 Å². The number of halogens is 1. The first-order chi connectivity index (χ1) is 11.4. The zero-order valence-electron chi connectivity index (χ0n) is 14.3. The van der Waals surface area contributed by atoms with Crippen molar-refractivity contribution in [3.05, 3.63) is 57.2 Å². The average molecular weight is 386 g/mol. The van der Waals surface area contributed by atoms with Gasteiger partial charge >= 0.3 is 0 Å². The molecule has 0 aliphatic carbocycles. The molecule has 0 radical (unpaired) electrons. The van der Waals surface area contributed by atoms with Crippen LogP contribution in [-0.4, -0.2) is 10.1 Å². The molecule has 1 heterocycles. The lowest BCUT2D eigenvalue weighted by atomic mass is 10.00. The average Bonchev–Trinajstić information content (AvgIpc) is 2.56. The number of nitrogens with zero attached hydrogens (tertiary/aromatic N) is 1. The molecule has 0 aliphatic rings. The number of fused-ring (bicyclic) bond motifs is 1. The molecule has 0 unspecified atom stereocenters. The predicted molar refractivity (Wildman–Crippen MR) is 101 cm³/mol. The summed E-state index contributed by atoms with van der Waals surface area (Å²) >= 11 is 3.51. The normalized spacial score (nSPS) is 11.0. The van der Waals surface area contributed by atoms with E-state index in [2.05, 4.69) is 15.9 Å². The summed E-state index contributed by atoms with van der Waals surface area (Å²) in [5.74, 6) is 1.80. The molecule has 0 saturated heterocycles. The first kappa shape index (κ1) is 16.8. The quantitative estimate of drug-likeness (QED) is 0.602. The maximum Gasteiger partial charge on any atom is 0.141 e. The van der Waals surface area contributed by atoms with Gasteiger partial charge < -0.3 is 9.84 Å². The molecule has 3 nitrogen and oxygen atoms in total. The molecular formula is C20H20BrNO2. The van der Waals surface area contributed by atoms with Crippen LogP contribution in [0.4, 0.5) is 0 Å². The molecule has 0 bridgehead atoms. The highest BCUT2D eigenvalue weighted by Crippen LogP contribution is 2.40. The van der Waals surface area contributed by atoms with Gasteiger partial charge in [0, 0.05) is 22.2 Å². The van der Waals surface area contributed by atoms with Gasteiger partial charge in [0.1, 0.15) is 17.2 Å². The molecule has 3 rings (SSSR count). The molecule has 0 amide bonds. The summed E-state index contributed by atoms with van der Waals surface area (Å²) in [5.41, 5.74) is 4.47. The van der Waals surface area contributed by atoms with Gasteiger partial charge in [0.2, 0.25) is 0 Å². The van der Waals surface area contributed by atoms with E-state index >= 15 is 0 Å². The summed E-state index contributed by atoms with van der Waals surface area (Å²) in [6, 6.07) is 9.71. The largest absolute Gasteiger partial charge is 0.507 e. The Bertz CT molecular complexity index is 935. The van der Waals surface area contributed by atoms with Gasteiger partial charge in [0.05, 0.1) is 9.99 Å². The lowest BCUT2D eigenvalue weighted by Crippen LogP contribution is -1.99. The number of benzene rings is 2. The van der Waals surface area contributed by atoms with Gasteiger partial charge in [-0.1, -0.05) is 19.1 Å². The Morgan fingerprint density at radius 2 is 1.83 bits per heavy atom. The van der Waals surface area contributed by atoms with E-state index in [9.17, 15) is 5.11 Å². The van der Waals surface area contributed by atoms with Gasteiger partial charge in [-0.25, -0.2) is 0 Å². The molecule has 4 heteroatoms. The number of aryl methyl sites for hydroxylation is 3. The topological polar surface area (TPSA) is 42.4 Å². The van der Waals surface area contributed by atoms with Crippen molar-refractivity contribution < 1.29 is 9.84 Å². The summed E-state index contributed by atoms with van der Waals surface area (Å²) in [6.45, 7) is 7.93. The molecule has 24 heavy (non-hydrogen) atoms. The molecule has 2 aromatic carbocycles. The summed E-state index contributed by atoms with van der Waals surface area (Å²) in [6.07, 6.45) is 0.794. The lowest BCUT2D eigenvalue weighted by molar-refractivity contribution is 0.467. The van der Waals surface area contributed by atoms with Crippen LogP contribution in [0, 0.1) is 20.8 Å². The number of hydrogen-bond acceptors (Lipinski definition) is 3. The molecule has 0 aliphatic heterocycles. The van der Waals surface area contributed by atoms with Crippen LogP contribution in [0.5, 0.6) is 17.2 Å². The van der Waals surface area contributed by atoms with Crippen molar-refractivity contribution in [1.29, 1.82) is 0 Å². The zero-order valence-corrected chi connectivity index (χ0v) is 15.9. The monoisotopic (exact) mass is 385 g/mol. The molecule has 1 aromatic heterocycles. The maximum atomic E-state index is 10.7. The molecule has 0 atom stereocenters. The van der Waals surface area contributed by atoms with Gasteiger partial charge in [0.15, 0.2) is 0 Å². The van der Waals surface area contributed by atoms with Crippen molar-refractivity contribution in [3.8, 4) is 17.2 Å².